The summed E-state index contributed by atoms with van der Waals surface area (Å²) < 4.78 is 5.21. The molecule has 1 heterocycles. The summed E-state index contributed by atoms with van der Waals surface area (Å²) in [4.78, 5) is 25.3. The molecule has 0 bridgehead atoms. The molecule has 0 fully saturated rings. The van der Waals surface area contributed by atoms with Crippen molar-refractivity contribution < 1.29 is 14.5 Å². The summed E-state index contributed by atoms with van der Waals surface area (Å²) in [7, 11) is 1.46. The third kappa shape index (κ3) is 4.37. The van der Waals surface area contributed by atoms with E-state index in [1.807, 2.05) is 25.1 Å². The van der Waals surface area contributed by atoms with Crippen molar-refractivity contribution in [3.8, 4) is 5.75 Å². The number of benzene rings is 2. The third-order valence-corrected chi connectivity index (χ3v) is 4.96. The fourth-order valence-electron chi connectivity index (χ4n) is 3.26. The van der Waals surface area contributed by atoms with Gasteiger partial charge in [0, 0.05) is 25.2 Å². The molecule has 0 saturated heterocycles. The van der Waals surface area contributed by atoms with E-state index in [1.54, 1.807) is 0 Å². The monoisotopic (exact) mass is 381 g/mol. The number of nitro groups is 1. The van der Waals surface area contributed by atoms with Crippen LogP contribution < -0.4 is 10.1 Å². The summed E-state index contributed by atoms with van der Waals surface area (Å²) in [5.41, 5.74) is 2.69. The second kappa shape index (κ2) is 8.67. The topological polar surface area (TPSA) is 84.7 Å². The average molecular weight is 381 g/mol. The molecule has 7 nitrogen and oxygen atoms in total. The number of carbonyl (C=O) groups excluding carboxylic acids is 1. The molecule has 1 unspecified atom stereocenters. The van der Waals surface area contributed by atoms with Gasteiger partial charge in [0.05, 0.1) is 23.8 Å². The van der Waals surface area contributed by atoms with Gasteiger partial charge in [0.25, 0.3) is 5.69 Å². The van der Waals surface area contributed by atoms with Crippen molar-refractivity contribution in [2.45, 2.75) is 19.4 Å². The van der Waals surface area contributed by atoms with Crippen LogP contribution in [0.5, 0.6) is 5.75 Å². The molecular weight excluding hydrogens is 358 g/mol. The smallest absolute Gasteiger partial charge is 0.271 e. The van der Waals surface area contributed by atoms with E-state index >= 15 is 0 Å². The Morgan fingerprint density at radius 2 is 2.00 bits per heavy atom. The second-order valence-electron chi connectivity index (χ2n) is 6.65. The average Bonchev–Trinajstić information content (AvgIpc) is 2.73. The molecule has 0 spiro atoms. The summed E-state index contributed by atoms with van der Waals surface area (Å²) in [6.07, 6.45) is 3.01. The first kappa shape index (κ1) is 19.6. The first-order chi connectivity index (χ1) is 13.5. The number of hydrogen-bond acceptors (Lipinski definition) is 5. The number of anilines is 1. The molecule has 2 aromatic rings. The predicted molar refractivity (Wildman–Crippen MR) is 108 cm³/mol. The first-order valence-corrected chi connectivity index (χ1v) is 9.11. The molecule has 0 aliphatic carbocycles. The number of rotatable bonds is 6. The number of nitrogens with one attached hydrogen (secondary N) is 1. The largest absolute Gasteiger partial charge is 0.495 e. The summed E-state index contributed by atoms with van der Waals surface area (Å²) in [6.45, 7) is 3.27. The van der Waals surface area contributed by atoms with Gasteiger partial charge in [-0.05, 0) is 30.5 Å². The van der Waals surface area contributed by atoms with Crippen molar-refractivity contribution in [1.29, 1.82) is 0 Å². The van der Waals surface area contributed by atoms with Crippen LogP contribution in [0.4, 0.5) is 11.4 Å². The Morgan fingerprint density at radius 1 is 1.25 bits per heavy atom. The van der Waals surface area contributed by atoms with Gasteiger partial charge in [-0.3, -0.25) is 19.8 Å². The second-order valence-corrected chi connectivity index (χ2v) is 6.65. The Morgan fingerprint density at radius 3 is 2.61 bits per heavy atom. The van der Waals surface area contributed by atoms with Gasteiger partial charge in [0.2, 0.25) is 5.91 Å². The predicted octanol–water partition coefficient (Wildman–Crippen LogP) is 3.72. The minimum Gasteiger partial charge on any atom is -0.495 e. The normalized spacial score (nSPS) is 15.4. The Kier molecular flexibility index (Phi) is 6.06. The molecule has 1 aliphatic rings. The molecule has 28 heavy (non-hydrogen) atoms. The van der Waals surface area contributed by atoms with Gasteiger partial charge in [-0.2, -0.15) is 0 Å². The summed E-state index contributed by atoms with van der Waals surface area (Å²) in [6, 6.07) is 14.0. The number of methoxy groups -OCH3 is 1. The number of nitrogens with zero attached hydrogens (tertiary/aromatic N) is 2. The quantitative estimate of drug-likeness (QED) is 0.609. The molecule has 0 aromatic heterocycles. The maximum absolute atomic E-state index is 12.7. The van der Waals surface area contributed by atoms with E-state index < -0.39 is 4.92 Å². The van der Waals surface area contributed by atoms with Gasteiger partial charge in [-0.15, -0.1) is 0 Å². The number of nitro benzene ring substituents is 1. The molecule has 0 saturated carbocycles. The van der Waals surface area contributed by atoms with E-state index in [0.717, 1.165) is 13.0 Å². The first-order valence-electron chi connectivity index (χ1n) is 9.11. The van der Waals surface area contributed by atoms with Crippen LogP contribution in [0.25, 0.3) is 5.57 Å². The number of amides is 1. The lowest BCUT2D eigenvalue weighted by atomic mass is 9.99. The van der Waals surface area contributed by atoms with Gasteiger partial charge in [-0.1, -0.05) is 36.4 Å². The summed E-state index contributed by atoms with van der Waals surface area (Å²) >= 11 is 0. The maximum atomic E-state index is 12.7. The van der Waals surface area contributed by atoms with E-state index in [-0.39, 0.29) is 17.6 Å². The SMILES string of the molecule is COc1ccc([N+](=O)[O-])cc1NC(=O)C(C)N1CC=C(c2ccccc2)CC1. The van der Waals surface area contributed by atoms with Crippen molar-refractivity contribution in [2.24, 2.45) is 0 Å². The molecule has 1 atom stereocenters. The van der Waals surface area contributed by atoms with Crippen LogP contribution in [0.15, 0.2) is 54.6 Å². The zero-order valence-electron chi connectivity index (χ0n) is 15.9. The van der Waals surface area contributed by atoms with Crippen molar-refractivity contribution in [3.63, 3.8) is 0 Å². The molecule has 3 rings (SSSR count). The minimum absolute atomic E-state index is 0.0999. The van der Waals surface area contributed by atoms with E-state index in [1.165, 1.54) is 36.4 Å². The van der Waals surface area contributed by atoms with Crippen LogP contribution in [-0.4, -0.2) is 42.0 Å². The fraction of sp³-hybridized carbons (Fsp3) is 0.286. The molecule has 1 N–H and O–H groups in total. The zero-order chi connectivity index (χ0) is 20.1. The van der Waals surface area contributed by atoms with Crippen molar-refractivity contribution in [3.05, 3.63) is 70.3 Å². The minimum atomic E-state index is -0.501. The number of hydrogen-bond donors (Lipinski definition) is 1. The van der Waals surface area contributed by atoms with Crippen LogP contribution in [-0.2, 0) is 4.79 Å². The van der Waals surface area contributed by atoms with Gasteiger partial charge in [-0.25, -0.2) is 0 Å². The van der Waals surface area contributed by atoms with Crippen molar-refractivity contribution in [2.75, 3.05) is 25.5 Å². The zero-order valence-corrected chi connectivity index (χ0v) is 15.9. The van der Waals surface area contributed by atoms with Gasteiger partial charge >= 0.3 is 0 Å². The third-order valence-electron chi connectivity index (χ3n) is 4.96. The summed E-state index contributed by atoms with van der Waals surface area (Å²) in [5.74, 6) is 0.159. The van der Waals surface area contributed by atoms with Gasteiger partial charge in [0.15, 0.2) is 0 Å². The lowest BCUT2D eigenvalue weighted by Crippen LogP contribution is -2.44. The molecule has 0 radical (unpaired) electrons. The van der Waals surface area contributed by atoms with Crippen molar-refractivity contribution >= 4 is 22.9 Å². The molecular formula is C21H23N3O4. The Labute approximate surface area is 163 Å². The fourth-order valence-corrected chi connectivity index (χ4v) is 3.26. The van der Waals surface area contributed by atoms with E-state index in [4.69, 9.17) is 4.74 Å². The number of non-ortho nitro benzene ring substituents is 1. The van der Waals surface area contributed by atoms with Gasteiger partial charge < -0.3 is 10.1 Å². The molecule has 7 heteroatoms. The van der Waals surface area contributed by atoms with Gasteiger partial charge in [0.1, 0.15) is 5.75 Å². The van der Waals surface area contributed by atoms with Crippen LogP contribution in [0.3, 0.4) is 0 Å². The lowest BCUT2D eigenvalue weighted by molar-refractivity contribution is -0.384. The Hall–Kier alpha value is -3.19. The Bertz CT molecular complexity index is 896. The molecule has 1 amide bonds. The van der Waals surface area contributed by atoms with Crippen LogP contribution in [0.1, 0.15) is 18.9 Å². The maximum Gasteiger partial charge on any atom is 0.271 e. The lowest BCUT2D eigenvalue weighted by Gasteiger charge is -2.31. The highest BCUT2D eigenvalue weighted by atomic mass is 16.6. The highest BCUT2D eigenvalue weighted by Crippen LogP contribution is 2.29. The van der Waals surface area contributed by atoms with Crippen LogP contribution in [0, 0.1) is 10.1 Å². The standard InChI is InChI=1S/C21H23N3O4/c1-15(23-12-10-17(11-13-23)16-6-4-3-5-7-16)21(25)22-19-14-18(24(26)27)8-9-20(19)28-2/h3-10,14-15H,11-13H2,1-2H3,(H,22,25). The number of carbonyl (C=O) groups is 1. The molecule has 1 aliphatic heterocycles. The van der Waals surface area contributed by atoms with E-state index in [0.29, 0.717) is 18.0 Å². The van der Waals surface area contributed by atoms with Crippen LogP contribution in [0.2, 0.25) is 0 Å². The molecule has 2 aromatic carbocycles. The molecule has 146 valence electrons. The number of ether oxygens (including phenoxy) is 1. The van der Waals surface area contributed by atoms with E-state index in [2.05, 4.69) is 28.4 Å². The van der Waals surface area contributed by atoms with Crippen molar-refractivity contribution in [1.82, 2.24) is 4.90 Å². The van der Waals surface area contributed by atoms with E-state index in [9.17, 15) is 14.9 Å². The highest BCUT2D eigenvalue weighted by Gasteiger charge is 2.24. The summed E-state index contributed by atoms with van der Waals surface area (Å²) in [5, 5.41) is 13.8. The Balaban J connectivity index is 1.68. The highest BCUT2D eigenvalue weighted by molar-refractivity contribution is 5.96. The van der Waals surface area contributed by atoms with Crippen LogP contribution >= 0.6 is 0 Å².